The van der Waals surface area contributed by atoms with Gasteiger partial charge in [0.05, 0.1) is 0 Å². The normalized spacial score (nSPS) is 11.3. The molecule has 2 heteroatoms. The minimum Gasteiger partial charge on any atom is -0.315 e. The summed E-state index contributed by atoms with van der Waals surface area (Å²) in [5.74, 6) is 0. The molecule has 0 fully saturated rings. The van der Waals surface area contributed by atoms with Crippen LogP contribution in [0.25, 0.3) is 0 Å². The van der Waals surface area contributed by atoms with Crippen LogP contribution in [0.4, 0.5) is 0 Å². The van der Waals surface area contributed by atoms with E-state index in [1.807, 2.05) is 0 Å². The number of unbranched alkanes of at least 4 members (excludes halogenated alkanes) is 3. The second kappa shape index (κ2) is 8.60. The first-order valence-corrected chi connectivity index (χ1v) is 7.87. The van der Waals surface area contributed by atoms with Gasteiger partial charge in [-0.1, -0.05) is 44.4 Å². The van der Waals surface area contributed by atoms with Crippen LogP contribution in [0.2, 0.25) is 5.02 Å². The first kappa shape index (κ1) is 16.5. The van der Waals surface area contributed by atoms with E-state index in [0.29, 0.717) is 6.04 Å². The fourth-order valence-corrected chi connectivity index (χ4v) is 2.51. The Bertz CT molecular complexity index is 385. The average Bonchev–Trinajstić information content (AvgIpc) is 2.33. The van der Waals surface area contributed by atoms with Crippen molar-refractivity contribution < 1.29 is 0 Å². The number of aryl methyl sites for hydroxylation is 3. The zero-order valence-corrected chi connectivity index (χ0v) is 13.6. The van der Waals surface area contributed by atoms with Crippen LogP contribution in [0.1, 0.15) is 56.2 Å². The van der Waals surface area contributed by atoms with Crippen molar-refractivity contribution in [3.8, 4) is 0 Å². The molecule has 0 heterocycles. The van der Waals surface area contributed by atoms with E-state index in [9.17, 15) is 0 Å². The highest BCUT2D eigenvalue weighted by atomic mass is 35.5. The second-order valence-electron chi connectivity index (χ2n) is 5.80. The quantitative estimate of drug-likeness (QED) is 0.657. The summed E-state index contributed by atoms with van der Waals surface area (Å²) < 4.78 is 0. The lowest BCUT2D eigenvalue weighted by molar-refractivity contribution is 0.541. The number of nitrogens with one attached hydrogen (secondary N) is 1. The number of benzene rings is 1. The Morgan fingerprint density at radius 3 is 2.37 bits per heavy atom. The van der Waals surface area contributed by atoms with E-state index in [-0.39, 0.29) is 0 Å². The van der Waals surface area contributed by atoms with Crippen molar-refractivity contribution in [2.45, 2.75) is 65.8 Å². The van der Waals surface area contributed by atoms with Crippen LogP contribution in [-0.2, 0) is 6.42 Å². The molecular weight excluding hydrogens is 254 g/mol. The SMILES string of the molecule is Cc1cc(CCCCCCNC(C)C)c(C)cc1Cl. The molecule has 0 radical (unpaired) electrons. The number of halogens is 1. The highest BCUT2D eigenvalue weighted by Crippen LogP contribution is 2.22. The van der Waals surface area contributed by atoms with Gasteiger partial charge in [-0.05, 0) is 62.4 Å². The molecule has 108 valence electrons. The lowest BCUT2D eigenvalue weighted by atomic mass is 9.99. The van der Waals surface area contributed by atoms with Crippen LogP contribution in [0.15, 0.2) is 12.1 Å². The molecule has 0 unspecified atom stereocenters. The molecule has 19 heavy (non-hydrogen) atoms. The van der Waals surface area contributed by atoms with Crippen LogP contribution >= 0.6 is 11.6 Å². The van der Waals surface area contributed by atoms with Crippen molar-refractivity contribution in [3.63, 3.8) is 0 Å². The zero-order valence-electron chi connectivity index (χ0n) is 12.9. The summed E-state index contributed by atoms with van der Waals surface area (Å²) in [5, 5.41) is 4.35. The topological polar surface area (TPSA) is 12.0 Å². The number of hydrogen-bond acceptors (Lipinski definition) is 1. The van der Waals surface area contributed by atoms with E-state index < -0.39 is 0 Å². The smallest absolute Gasteiger partial charge is 0.0438 e. The monoisotopic (exact) mass is 281 g/mol. The van der Waals surface area contributed by atoms with Crippen LogP contribution in [0.5, 0.6) is 0 Å². The predicted molar refractivity (Wildman–Crippen MR) is 86.2 cm³/mol. The van der Waals surface area contributed by atoms with E-state index >= 15 is 0 Å². The van der Waals surface area contributed by atoms with Crippen molar-refractivity contribution in [1.82, 2.24) is 5.32 Å². The minimum atomic E-state index is 0.611. The molecule has 1 aromatic rings. The summed E-state index contributed by atoms with van der Waals surface area (Å²) in [6, 6.07) is 4.95. The molecule has 0 spiro atoms. The standard InChI is InChI=1S/C17H28ClN/c1-13(2)19-10-8-6-5-7-9-16-11-15(4)17(18)12-14(16)3/h11-13,19H,5-10H2,1-4H3. The van der Waals surface area contributed by atoms with Gasteiger partial charge >= 0.3 is 0 Å². The van der Waals surface area contributed by atoms with Crippen molar-refractivity contribution >= 4 is 11.6 Å². The van der Waals surface area contributed by atoms with Gasteiger partial charge in [-0.3, -0.25) is 0 Å². The first-order chi connectivity index (χ1) is 9.00. The molecule has 0 aliphatic heterocycles. The predicted octanol–water partition coefficient (Wildman–Crippen LogP) is 5.06. The van der Waals surface area contributed by atoms with Crippen molar-refractivity contribution in [3.05, 3.63) is 33.8 Å². The molecule has 0 amide bonds. The third-order valence-corrected chi connectivity index (χ3v) is 3.95. The van der Waals surface area contributed by atoms with E-state index in [1.165, 1.54) is 48.8 Å². The molecule has 0 saturated carbocycles. The van der Waals surface area contributed by atoms with Gasteiger partial charge in [0.25, 0.3) is 0 Å². The maximum atomic E-state index is 6.12. The van der Waals surface area contributed by atoms with Crippen LogP contribution in [0, 0.1) is 13.8 Å². The summed E-state index contributed by atoms with van der Waals surface area (Å²) in [7, 11) is 0. The summed E-state index contributed by atoms with van der Waals surface area (Å²) in [6.45, 7) is 9.80. The van der Waals surface area contributed by atoms with E-state index in [4.69, 9.17) is 11.6 Å². The minimum absolute atomic E-state index is 0.611. The van der Waals surface area contributed by atoms with E-state index in [0.717, 1.165) is 11.6 Å². The Hall–Kier alpha value is -0.530. The van der Waals surface area contributed by atoms with Gasteiger partial charge in [0, 0.05) is 11.1 Å². The molecule has 0 atom stereocenters. The Labute approximate surface area is 123 Å². The Morgan fingerprint density at radius 1 is 1.00 bits per heavy atom. The molecule has 0 aliphatic carbocycles. The van der Waals surface area contributed by atoms with Crippen LogP contribution in [0.3, 0.4) is 0 Å². The average molecular weight is 282 g/mol. The largest absolute Gasteiger partial charge is 0.315 e. The van der Waals surface area contributed by atoms with Crippen molar-refractivity contribution in [2.24, 2.45) is 0 Å². The Morgan fingerprint density at radius 2 is 1.68 bits per heavy atom. The van der Waals surface area contributed by atoms with E-state index in [1.54, 1.807) is 0 Å². The number of rotatable bonds is 8. The van der Waals surface area contributed by atoms with Gasteiger partial charge in [0.15, 0.2) is 0 Å². The highest BCUT2D eigenvalue weighted by Gasteiger charge is 2.03. The third kappa shape index (κ3) is 6.44. The fourth-order valence-electron chi connectivity index (χ4n) is 2.29. The van der Waals surface area contributed by atoms with Crippen molar-refractivity contribution in [2.75, 3.05) is 6.54 Å². The zero-order chi connectivity index (χ0) is 14.3. The lowest BCUT2D eigenvalue weighted by Crippen LogP contribution is -2.23. The maximum Gasteiger partial charge on any atom is 0.0438 e. The van der Waals surface area contributed by atoms with E-state index in [2.05, 4.69) is 45.1 Å². The third-order valence-electron chi connectivity index (χ3n) is 3.54. The van der Waals surface area contributed by atoms with Gasteiger partial charge in [0.2, 0.25) is 0 Å². The van der Waals surface area contributed by atoms with Gasteiger partial charge in [-0.2, -0.15) is 0 Å². The maximum absolute atomic E-state index is 6.12. The summed E-state index contributed by atoms with van der Waals surface area (Å²) in [6.07, 6.45) is 6.40. The molecule has 1 N–H and O–H groups in total. The lowest BCUT2D eigenvalue weighted by Gasteiger charge is -2.09. The Kier molecular flexibility index (Phi) is 7.48. The molecular formula is C17H28ClN. The highest BCUT2D eigenvalue weighted by molar-refractivity contribution is 6.31. The van der Waals surface area contributed by atoms with Gasteiger partial charge in [-0.15, -0.1) is 0 Å². The molecule has 1 rings (SSSR count). The molecule has 0 saturated heterocycles. The van der Waals surface area contributed by atoms with Crippen molar-refractivity contribution in [1.29, 1.82) is 0 Å². The van der Waals surface area contributed by atoms with Crippen LogP contribution < -0.4 is 5.32 Å². The van der Waals surface area contributed by atoms with Crippen LogP contribution in [-0.4, -0.2) is 12.6 Å². The molecule has 0 aromatic heterocycles. The molecule has 0 bridgehead atoms. The van der Waals surface area contributed by atoms with Gasteiger partial charge in [0.1, 0.15) is 0 Å². The molecule has 1 aromatic carbocycles. The second-order valence-corrected chi connectivity index (χ2v) is 6.21. The Balaban J connectivity index is 2.21. The molecule has 1 nitrogen and oxygen atoms in total. The molecule has 0 aliphatic rings. The summed E-state index contributed by atoms with van der Waals surface area (Å²) in [4.78, 5) is 0. The summed E-state index contributed by atoms with van der Waals surface area (Å²) >= 11 is 6.12. The van der Waals surface area contributed by atoms with Gasteiger partial charge in [-0.25, -0.2) is 0 Å². The first-order valence-electron chi connectivity index (χ1n) is 7.49. The summed E-state index contributed by atoms with van der Waals surface area (Å²) in [5.41, 5.74) is 3.99. The number of hydrogen-bond donors (Lipinski definition) is 1. The van der Waals surface area contributed by atoms with Gasteiger partial charge < -0.3 is 5.32 Å². The fraction of sp³-hybridized carbons (Fsp3) is 0.647.